The highest BCUT2D eigenvalue weighted by Crippen LogP contribution is 2.16. The van der Waals surface area contributed by atoms with E-state index in [0.29, 0.717) is 11.3 Å². The molecule has 0 aromatic carbocycles. The van der Waals surface area contributed by atoms with Crippen LogP contribution in [0.2, 0.25) is 0 Å². The number of aromatic nitrogens is 3. The number of pyridine rings is 1. The summed E-state index contributed by atoms with van der Waals surface area (Å²) in [4.78, 5) is 26.4. The van der Waals surface area contributed by atoms with Gasteiger partial charge in [0.2, 0.25) is 11.7 Å². The minimum Gasteiger partial charge on any atom is -0.461 e. The fraction of sp³-hybridized carbons (Fsp3) is 0.154. The van der Waals surface area contributed by atoms with Crippen molar-refractivity contribution in [2.24, 2.45) is 0 Å². The van der Waals surface area contributed by atoms with Crippen molar-refractivity contribution in [3.63, 3.8) is 0 Å². The summed E-state index contributed by atoms with van der Waals surface area (Å²) < 4.78 is 11.3. The first-order valence-corrected chi connectivity index (χ1v) is 6.27. The maximum atomic E-state index is 12.1. The molecule has 0 unspecified atom stereocenters. The van der Waals surface area contributed by atoms with Crippen LogP contribution in [-0.2, 0) is 6.54 Å². The van der Waals surface area contributed by atoms with Gasteiger partial charge in [0.15, 0.2) is 5.76 Å². The van der Waals surface area contributed by atoms with Gasteiger partial charge in [-0.3, -0.25) is 14.9 Å². The van der Waals surface area contributed by atoms with Crippen molar-refractivity contribution in [1.82, 2.24) is 14.7 Å². The second kappa shape index (κ2) is 5.28. The van der Waals surface area contributed by atoms with E-state index in [1.165, 1.54) is 25.5 Å². The van der Waals surface area contributed by atoms with E-state index in [-0.39, 0.29) is 18.3 Å². The van der Waals surface area contributed by atoms with Crippen LogP contribution in [0.4, 0.5) is 5.69 Å². The standard InChI is InChI=1S/C13H10N4O5/c1-8-4-5-16(13(18)11(8)17(19)20)7-10-14-12(15-22-10)9-3-2-6-21-9/h2-6H,7H2,1H3. The van der Waals surface area contributed by atoms with Gasteiger partial charge in [-0.1, -0.05) is 5.16 Å². The molecule has 0 amide bonds. The summed E-state index contributed by atoms with van der Waals surface area (Å²) in [5, 5.41) is 14.7. The molecule has 3 aromatic heterocycles. The molecule has 3 rings (SSSR count). The zero-order chi connectivity index (χ0) is 15.7. The van der Waals surface area contributed by atoms with E-state index >= 15 is 0 Å². The fourth-order valence-electron chi connectivity index (χ4n) is 1.97. The second-order valence-corrected chi connectivity index (χ2v) is 4.53. The van der Waals surface area contributed by atoms with Crippen LogP contribution in [-0.4, -0.2) is 19.6 Å². The van der Waals surface area contributed by atoms with Gasteiger partial charge in [0.1, 0.15) is 6.54 Å². The van der Waals surface area contributed by atoms with Crippen molar-refractivity contribution in [3.8, 4) is 11.6 Å². The number of aryl methyl sites for hydroxylation is 1. The van der Waals surface area contributed by atoms with Crippen LogP contribution in [0.1, 0.15) is 11.5 Å². The molecule has 9 nitrogen and oxygen atoms in total. The molecule has 0 radical (unpaired) electrons. The Balaban J connectivity index is 1.93. The average molecular weight is 302 g/mol. The maximum Gasteiger partial charge on any atom is 0.336 e. The number of hydrogen-bond acceptors (Lipinski definition) is 7. The molecule has 0 aliphatic heterocycles. The van der Waals surface area contributed by atoms with Crippen LogP contribution in [0.5, 0.6) is 0 Å². The lowest BCUT2D eigenvalue weighted by molar-refractivity contribution is -0.387. The van der Waals surface area contributed by atoms with Crippen LogP contribution in [0.15, 0.2) is 44.4 Å². The van der Waals surface area contributed by atoms with E-state index < -0.39 is 16.2 Å². The third-order valence-corrected chi connectivity index (χ3v) is 3.04. The van der Waals surface area contributed by atoms with E-state index in [1.807, 2.05) is 0 Å². The van der Waals surface area contributed by atoms with Crippen molar-refractivity contribution in [3.05, 3.63) is 62.6 Å². The quantitative estimate of drug-likeness (QED) is 0.532. The summed E-state index contributed by atoms with van der Waals surface area (Å²) >= 11 is 0. The Bertz CT molecular complexity index is 878. The first-order chi connectivity index (χ1) is 10.6. The highest BCUT2D eigenvalue weighted by Gasteiger charge is 2.19. The van der Waals surface area contributed by atoms with Gasteiger partial charge in [0.05, 0.1) is 11.2 Å². The van der Waals surface area contributed by atoms with Gasteiger partial charge in [-0.05, 0) is 25.1 Å². The Labute approximate surface area is 122 Å². The molecular weight excluding hydrogens is 292 g/mol. The van der Waals surface area contributed by atoms with Crippen molar-refractivity contribution in [2.45, 2.75) is 13.5 Å². The Morgan fingerprint density at radius 1 is 1.41 bits per heavy atom. The number of nitrogens with zero attached hydrogens (tertiary/aromatic N) is 4. The molecule has 0 spiro atoms. The minimum atomic E-state index is -0.720. The second-order valence-electron chi connectivity index (χ2n) is 4.53. The van der Waals surface area contributed by atoms with Gasteiger partial charge in [0.25, 0.3) is 0 Å². The Hall–Kier alpha value is -3.23. The van der Waals surface area contributed by atoms with E-state index in [4.69, 9.17) is 8.94 Å². The highest BCUT2D eigenvalue weighted by atomic mass is 16.6. The van der Waals surface area contributed by atoms with Crippen LogP contribution in [0, 0.1) is 17.0 Å². The van der Waals surface area contributed by atoms with Crippen LogP contribution in [0.3, 0.4) is 0 Å². The van der Waals surface area contributed by atoms with Gasteiger partial charge >= 0.3 is 11.2 Å². The predicted octanol–water partition coefficient (Wildman–Crippen LogP) is 1.76. The smallest absolute Gasteiger partial charge is 0.336 e. The third kappa shape index (κ3) is 2.39. The molecule has 0 bridgehead atoms. The van der Waals surface area contributed by atoms with Gasteiger partial charge in [-0.15, -0.1) is 0 Å². The minimum absolute atomic E-state index is 0.0618. The Morgan fingerprint density at radius 2 is 2.23 bits per heavy atom. The lowest BCUT2D eigenvalue weighted by Gasteiger charge is -2.03. The Morgan fingerprint density at radius 3 is 2.91 bits per heavy atom. The lowest BCUT2D eigenvalue weighted by atomic mass is 10.2. The maximum absolute atomic E-state index is 12.1. The molecule has 3 heterocycles. The lowest BCUT2D eigenvalue weighted by Crippen LogP contribution is -2.23. The van der Waals surface area contributed by atoms with Gasteiger partial charge in [-0.25, -0.2) is 0 Å². The van der Waals surface area contributed by atoms with E-state index in [0.717, 1.165) is 4.57 Å². The van der Waals surface area contributed by atoms with E-state index in [9.17, 15) is 14.9 Å². The molecule has 22 heavy (non-hydrogen) atoms. The van der Waals surface area contributed by atoms with Crippen LogP contribution >= 0.6 is 0 Å². The largest absolute Gasteiger partial charge is 0.461 e. The summed E-state index contributed by atoms with van der Waals surface area (Å²) in [7, 11) is 0. The molecule has 0 fully saturated rings. The molecule has 0 atom stereocenters. The first kappa shape index (κ1) is 13.7. The van der Waals surface area contributed by atoms with Crippen LogP contribution in [0.25, 0.3) is 11.6 Å². The molecule has 0 aliphatic carbocycles. The van der Waals surface area contributed by atoms with Crippen molar-refractivity contribution >= 4 is 5.69 Å². The Kier molecular flexibility index (Phi) is 3.30. The summed E-state index contributed by atoms with van der Waals surface area (Å²) in [5.41, 5.74) is -0.885. The molecule has 0 N–H and O–H groups in total. The van der Waals surface area contributed by atoms with E-state index in [1.54, 1.807) is 12.1 Å². The number of hydrogen-bond donors (Lipinski definition) is 0. The number of furan rings is 1. The molecule has 0 aliphatic rings. The number of nitro groups is 1. The molecule has 0 saturated carbocycles. The summed E-state index contributed by atoms with van der Waals surface area (Å²) in [6.07, 6.45) is 2.92. The average Bonchev–Trinajstić information content (AvgIpc) is 3.12. The first-order valence-electron chi connectivity index (χ1n) is 6.27. The summed E-state index contributed by atoms with van der Waals surface area (Å²) in [5.74, 6) is 0.818. The van der Waals surface area contributed by atoms with Gasteiger partial charge in [-0.2, -0.15) is 4.98 Å². The van der Waals surface area contributed by atoms with Gasteiger partial charge in [0, 0.05) is 11.8 Å². The van der Waals surface area contributed by atoms with Crippen LogP contribution < -0.4 is 5.56 Å². The number of rotatable bonds is 4. The monoisotopic (exact) mass is 302 g/mol. The van der Waals surface area contributed by atoms with Crippen molar-refractivity contribution < 1.29 is 13.9 Å². The summed E-state index contributed by atoms with van der Waals surface area (Å²) in [6, 6.07) is 4.83. The molecule has 9 heteroatoms. The topological polar surface area (TPSA) is 117 Å². The highest BCUT2D eigenvalue weighted by molar-refractivity contribution is 5.44. The molecule has 3 aromatic rings. The molecular formula is C13H10N4O5. The molecule has 112 valence electrons. The van der Waals surface area contributed by atoms with Crippen molar-refractivity contribution in [2.75, 3.05) is 0 Å². The van der Waals surface area contributed by atoms with Crippen molar-refractivity contribution in [1.29, 1.82) is 0 Å². The summed E-state index contributed by atoms with van der Waals surface area (Å²) in [6.45, 7) is 1.44. The normalized spacial score (nSPS) is 10.8. The van der Waals surface area contributed by atoms with E-state index in [2.05, 4.69) is 10.1 Å². The predicted molar refractivity (Wildman–Crippen MR) is 73.2 cm³/mol. The molecule has 0 saturated heterocycles. The zero-order valence-electron chi connectivity index (χ0n) is 11.4. The zero-order valence-corrected chi connectivity index (χ0v) is 11.4. The fourth-order valence-corrected chi connectivity index (χ4v) is 1.97. The SMILES string of the molecule is Cc1ccn(Cc2nc(-c3ccco3)no2)c(=O)c1[N+](=O)[O-]. The van der Waals surface area contributed by atoms with Gasteiger partial charge < -0.3 is 13.5 Å². The third-order valence-electron chi connectivity index (χ3n) is 3.04.